The van der Waals surface area contributed by atoms with Crippen molar-refractivity contribution in [2.45, 2.75) is 12.8 Å². The molecule has 2 heterocycles. The minimum absolute atomic E-state index is 0.211. The van der Waals surface area contributed by atoms with Gasteiger partial charge in [0.05, 0.1) is 10.1 Å². The fourth-order valence-electron chi connectivity index (χ4n) is 2.93. The van der Waals surface area contributed by atoms with Crippen LogP contribution in [-0.2, 0) is 4.79 Å². The molecule has 23 heavy (non-hydrogen) atoms. The number of aromatic nitrogens is 1. The van der Waals surface area contributed by atoms with Gasteiger partial charge in [-0.15, -0.1) is 0 Å². The summed E-state index contributed by atoms with van der Waals surface area (Å²) in [6.45, 7) is 2.08. The molecular weight excluding hydrogens is 314 g/mol. The van der Waals surface area contributed by atoms with Crippen molar-refractivity contribution in [2.24, 2.45) is 5.92 Å². The van der Waals surface area contributed by atoms with Gasteiger partial charge in [-0.25, -0.2) is 4.79 Å². The molecule has 2 amide bonds. The minimum Gasteiger partial charge on any atom is -0.339 e. The molecule has 1 aromatic heterocycles. The Balaban J connectivity index is 1.50. The summed E-state index contributed by atoms with van der Waals surface area (Å²) < 4.78 is 2.04. The number of hydrogen-bond acceptors (Lipinski definition) is 4. The summed E-state index contributed by atoms with van der Waals surface area (Å²) in [6.07, 6.45) is 1.99. The first-order chi connectivity index (χ1) is 11.1. The molecule has 2 aliphatic rings. The van der Waals surface area contributed by atoms with E-state index in [4.69, 9.17) is 0 Å². The van der Waals surface area contributed by atoms with Gasteiger partial charge in [-0.05, 0) is 36.5 Å². The highest BCUT2D eigenvalue weighted by molar-refractivity contribution is 7.14. The topological polar surface area (TPSA) is 62.6 Å². The summed E-state index contributed by atoms with van der Waals surface area (Å²) in [6, 6.07) is 6.96. The molecule has 0 spiro atoms. The van der Waals surface area contributed by atoms with Crippen LogP contribution in [0.15, 0.2) is 29.1 Å². The van der Waals surface area contributed by atoms with Crippen LogP contribution in [0.3, 0.4) is 0 Å². The van der Waals surface area contributed by atoms with E-state index < -0.39 is 0 Å². The second-order valence-corrected chi connectivity index (χ2v) is 7.04. The van der Waals surface area contributed by atoms with Crippen LogP contribution in [0.5, 0.6) is 0 Å². The predicted molar refractivity (Wildman–Crippen MR) is 87.8 cm³/mol. The van der Waals surface area contributed by atoms with Crippen LogP contribution in [0, 0.1) is 5.92 Å². The Bertz CT molecular complexity index is 828. The Hall–Kier alpha value is -2.15. The Morgan fingerprint density at radius 1 is 1.00 bits per heavy atom. The summed E-state index contributed by atoms with van der Waals surface area (Å²) >= 11 is 1.18. The van der Waals surface area contributed by atoms with Gasteiger partial charge in [-0.2, -0.15) is 3.96 Å². The molecule has 4 rings (SSSR count). The summed E-state index contributed by atoms with van der Waals surface area (Å²) in [5.74, 6) is 0.429. The van der Waals surface area contributed by atoms with Gasteiger partial charge in [0.2, 0.25) is 5.91 Å². The number of nitrogens with zero attached hydrogens (tertiary/aromatic N) is 3. The number of hydrogen-bond donors (Lipinski definition) is 0. The molecule has 0 atom stereocenters. The van der Waals surface area contributed by atoms with Gasteiger partial charge >= 0.3 is 6.03 Å². The number of amides is 2. The fourth-order valence-corrected chi connectivity index (χ4v) is 3.90. The third-order valence-corrected chi connectivity index (χ3v) is 5.51. The molecule has 0 radical (unpaired) electrons. The van der Waals surface area contributed by atoms with Crippen LogP contribution in [0.25, 0.3) is 10.1 Å². The van der Waals surface area contributed by atoms with E-state index in [-0.39, 0.29) is 23.4 Å². The number of piperazine rings is 1. The first-order valence-electron chi connectivity index (χ1n) is 7.84. The van der Waals surface area contributed by atoms with E-state index >= 15 is 0 Å². The van der Waals surface area contributed by atoms with E-state index in [1.165, 1.54) is 15.5 Å². The average molecular weight is 331 g/mol. The molecule has 1 saturated heterocycles. The van der Waals surface area contributed by atoms with Crippen LogP contribution in [0.2, 0.25) is 0 Å². The Kier molecular flexibility index (Phi) is 3.45. The number of rotatable bonds is 1. The van der Waals surface area contributed by atoms with Gasteiger partial charge in [0.25, 0.3) is 5.56 Å². The SMILES string of the molecule is O=C(C1CC1)N1CCN(C(=O)n2sc3ccccc3c2=O)CC1. The molecule has 2 aromatic rings. The maximum absolute atomic E-state index is 12.6. The molecule has 1 aliphatic heterocycles. The lowest BCUT2D eigenvalue weighted by atomic mass is 10.2. The van der Waals surface area contributed by atoms with Crippen LogP contribution in [0.1, 0.15) is 12.8 Å². The van der Waals surface area contributed by atoms with Crippen molar-refractivity contribution >= 4 is 33.6 Å². The predicted octanol–water partition coefficient (Wildman–Crippen LogP) is 1.59. The highest BCUT2D eigenvalue weighted by Gasteiger charge is 2.35. The molecule has 1 aliphatic carbocycles. The normalized spacial score (nSPS) is 18.4. The molecule has 0 unspecified atom stereocenters. The van der Waals surface area contributed by atoms with Crippen LogP contribution < -0.4 is 5.56 Å². The van der Waals surface area contributed by atoms with Crippen LogP contribution >= 0.6 is 11.5 Å². The molecule has 7 heteroatoms. The van der Waals surface area contributed by atoms with Gasteiger partial charge in [-0.3, -0.25) is 9.59 Å². The smallest absolute Gasteiger partial charge is 0.339 e. The standard InChI is InChI=1S/C16H17N3O3S/c20-14(11-5-6-11)17-7-9-18(10-8-17)16(22)19-15(21)12-3-1-2-4-13(12)23-19/h1-4,11H,5-10H2. The number of carbonyl (C=O) groups is 2. The van der Waals surface area contributed by atoms with E-state index in [0.29, 0.717) is 31.6 Å². The zero-order valence-corrected chi connectivity index (χ0v) is 13.4. The minimum atomic E-state index is -0.283. The third kappa shape index (κ3) is 2.55. The number of carbonyl (C=O) groups excluding carboxylic acids is 2. The summed E-state index contributed by atoms with van der Waals surface area (Å²) in [4.78, 5) is 40.5. The number of fused-ring (bicyclic) bond motifs is 1. The first kappa shape index (κ1) is 14.4. The molecule has 0 N–H and O–H groups in total. The molecule has 1 saturated carbocycles. The average Bonchev–Trinajstić information content (AvgIpc) is 3.39. The maximum atomic E-state index is 12.6. The quantitative estimate of drug-likeness (QED) is 0.797. The zero-order chi connectivity index (χ0) is 16.0. The van der Waals surface area contributed by atoms with E-state index in [1.54, 1.807) is 17.0 Å². The fraction of sp³-hybridized carbons (Fsp3) is 0.438. The third-order valence-electron chi connectivity index (χ3n) is 4.45. The van der Waals surface area contributed by atoms with Crippen molar-refractivity contribution in [1.82, 2.24) is 13.8 Å². The van der Waals surface area contributed by atoms with Crippen molar-refractivity contribution in [2.75, 3.05) is 26.2 Å². The largest absolute Gasteiger partial charge is 0.340 e. The van der Waals surface area contributed by atoms with Crippen molar-refractivity contribution in [3.63, 3.8) is 0 Å². The van der Waals surface area contributed by atoms with Crippen LogP contribution in [0.4, 0.5) is 4.79 Å². The molecule has 1 aromatic carbocycles. The summed E-state index contributed by atoms with van der Waals surface area (Å²) in [5, 5.41) is 0.577. The Morgan fingerprint density at radius 3 is 2.30 bits per heavy atom. The van der Waals surface area contributed by atoms with E-state index in [9.17, 15) is 14.4 Å². The van der Waals surface area contributed by atoms with Gasteiger partial charge < -0.3 is 9.80 Å². The summed E-state index contributed by atoms with van der Waals surface area (Å²) in [7, 11) is 0. The van der Waals surface area contributed by atoms with Crippen LogP contribution in [-0.4, -0.2) is 51.9 Å². The molecule has 120 valence electrons. The second kappa shape index (κ2) is 5.49. The van der Waals surface area contributed by atoms with Crippen molar-refractivity contribution in [1.29, 1.82) is 0 Å². The van der Waals surface area contributed by atoms with Gasteiger partial charge in [-0.1, -0.05) is 12.1 Å². The number of benzene rings is 1. The zero-order valence-electron chi connectivity index (χ0n) is 12.6. The van der Waals surface area contributed by atoms with Gasteiger partial charge in [0, 0.05) is 32.1 Å². The molecular formula is C16H17N3O3S. The molecule has 0 bridgehead atoms. The lowest BCUT2D eigenvalue weighted by Crippen LogP contribution is -2.52. The molecule has 6 nitrogen and oxygen atoms in total. The van der Waals surface area contributed by atoms with E-state index in [1.807, 2.05) is 17.0 Å². The first-order valence-corrected chi connectivity index (χ1v) is 8.61. The lowest BCUT2D eigenvalue weighted by Gasteiger charge is -2.34. The van der Waals surface area contributed by atoms with Crippen molar-refractivity contribution in [3.8, 4) is 0 Å². The highest BCUT2D eigenvalue weighted by atomic mass is 32.1. The Morgan fingerprint density at radius 2 is 1.65 bits per heavy atom. The maximum Gasteiger partial charge on any atom is 0.340 e. The second-order valence-electron chi connectivity index (χ2n) is 6.06. The lowest BCUT2D eigenvalue weighted by molar-refractivity contribution is -0.133. The van der Waals surface area contributed by atoms with Gasteiger partial charge in [0.1, 0.15) is 0 Å². The molecule has 2 fully saturated rings. The van der Waals surface area contributed by atoms with E-state index in [2.05, 4.69) is 0 Å². The highest BCUT2D eigenvalue weighted by Crippen LogP contribution is 2.31. The van der Waals surface area contributed by atoms with Gasteiger partial charge in [0.15, 0.2) is 0 Å². The van der Waals surface area contributed by atoms with E-state index in [0.717, 1.165) is 17.5 Å². The summed E-state index contributed by atoms with van der Waals surface area (Å²) in [5.41, 5.74) is -0.257. The van der Waals surface area contributed by atoms with Crippen molar-refractivity contribution in [3.05, 3.63) is 34.6 Å². The van der Waals surface area contributed by atoms with Crippen molar-refractivity contribution < 1.29 is 9.59 Å². The Labute approximate surface area is 137 Å². The monoisotopic (exact) mass is 331 g/mol.